The number of carbonyl (C=O) groups is 1. The molecule has 154 valence electrons. The second-order valence-corrected chi connectivity index (χ2v) is 7.60. The topological polar surface area (TPSA) is 62.0 Å². The standard InChI is InChI=1S/C27H24N2O2/c1-19-16-26(30)28-18-25(19)22-12-14-23(15-13-22)29-27(31)17-24(20-8-4-2-5-9-20)21-10-6-3-7-11-21/h2-16,18,24H,17H2,1H3,(H,28,30)(H,29,31). The van der Waals surface area contributed by atoms with Crippen LogP contribution in [0, 0.1) is 6.92 Å². The van der Waals surface area contributed by atoms with Crippen LogP contribution < -0.4 is 10.9 Å². The van der Waals surface area contributed by atoms with E-state index in [-0.39, 0.29) is 17.4 Å². The lowest BCUT2D eigenvalue weighted by Gasteiger charge is -2.18. The van der Waals surface area contributed by atoms with Gasteiger partial charge in [0.15, 0.2) is 0 Å². The number of aromatic amines is 1. The highest BCUT2D eigenvalue weighted by Gasteiger charge is 2.18. The summed E-state index contributed by atoms with van der Waals surface area (Å²) in [6.07, 6.45) is 2.07. The van der Waals surface area contributed by atoms with Gasteiger partial charge in [0.1, 0.15) is 0 Å². The number of rotatable bonds is 6. The van der Waals surface area contributed by atoms with E-state index >= 15 is 0 Å². The average Bonchev–Trinajstić information content (AvgIpc) is 2.79. The van der Waals surface area contributed by atoms with Crippen molar-refractivity contribution in [2.75, 3.05) is 5.32 Å². The Kier molecular flexibility index (Phi) is 6.08. The number of anilines is 1. The molecule has 0 bridgehead atoms. The molecule has 31 heavy (non-hydrogen) atoms. The molecule has 2 N–H and O–H groups in total. The van der Waals surface area contributed by atoms with Gasteiger partial charge in [0.05, 0.1) is 0 Å². The first-order valence-electron chi connectivity index (χ1n) is 10.3. The molecule has 0 radical (unpaired) electrons. The molecule has 0 saturated heterocycles. The van der Waals surface area contributed by atoms with E-state index in [1.165, 1.54) is 0 Å². The molecule has 0 saturated carbocycles. The third kappa shape index (κ3) is 4.98. The fourth-order valence-electron chi connectivity index (χ4n) is 3.81. The van der Waals surface area contributed by atoms with Gasteiger partial charge in [-0.25, -0.2) is 0 Å². The molecule has 1 heterocycles. The molecule has 0 unspecified atom stereocenters. The first-order valence-corrected chi connectivity index (χ1v) is 10.3. The molecule has 0 atom stereocenters. The van der Waals surface area contributed by atoms with Gasteiger partial charge in [-0.05, 0) is 41.3 Å². The second kappa shape index (κ2) is 9.26. The zero-order valence-corrected chi connectivity index (χ0v) is 17.3. The van der Waals surface area contributed by atoms with E-state index in [9.17, 15) is 9.59 Å². The third-order valence-corrected chi connectivity index (χ3v) is 5.40. The molecule has 0 fully saturated rings. The first kappa shape index (κ1) is 20.4. The third-order valence-electron chi connectivity index (χ3n) is 5.40. The lowest BCUT2D eigenvalue weighted by Crippen LogP contribution is -2.16. The van der Waals surface area contributed by atoms with Gasteiger partial charge in [0, 0.05) is 35.9 Å². The van der Waals surface area contributed by atoms with E-state index in [2.05, 4.69) is 34.6 Å². The maximum absolute atomic E-state index is 12.9. The van der Waals surface area contributed by atoms with Crippen molar-refractivity contribution in [1.29, 1.82) is 0 Å². The van der Waals surface area contributed by atoms with Crippen molar-refractivity contribution in [3.63, 3.8) is 0 Å². The van der Waals surface area contributed by atoms with Gasteiger partial charge in [-0.2, -0.15) is 0 Å². The summed E-state index contributed by atoms with van der Waals surface area (Å²) in [4.78, 5) is 27.0. The van der Waals surface area contributed by atoms with Crippen molar-refractivity contribution < 1.29 is 4.79 Å². The van der Waals surface area contributed by atoms with Crippen LogP contribution in [-0.2, 0) is 4.79 Å². The van der Waals surface area contributed by atoms with E-state index in [0.717, 1.165) is 33.5 Å². The largest absolute Gasteiger partial charge is 0.328 e. The Labute approximate surface area is 181 Å². The smallest absolute Gasteiger partial charge is 0.248 e. The van der Waals surface area contributed by atoms with Crippen LogP contribution in [0.3, 0.4) is 0 Å². The predicted molar refractivity (Wildman–Crippen MR) is 125 cm³/mol. The summed E-state index contributed by atoms with van der Waals surface area (Å²) in [5, 5.41) is 3.02. The number of pyridine rings is 1. The van der Waals surface area contributed by atoms with Gasteiger partial charge < -0.3 is 10.3 Å². The lowest BCUT2D eigenvalue weighted by atomic mass is 9.88. The Balaban J connectivity index is 1.50. The Bertz CT molecular complexity index is 1170. The average molecular weight is 409 g/mol. The Morgan fingerprint density at radius 2 is 1.45 bits per heavy atom. The van der Waals surface area contributed by atoms with Gasteiger partial charge in [-0.3, -0.25) is 9.59 Å². The highest BCUT2D eigenvalue weighted by molar-refractivity contribution is 5.92. The van der Waals surface area contributed by atoms with Crippen molar-refractivity contribution in [3.05, 3.63) is 124 Å². The zero-order valence-electron chi connectivity index (χ0n) is 17.3. The molecule has 4 nitrogen and oxygen atoms in total. The van der Waals surface area contributed by atoms with Crippen LogP contribution >= 0.6 is 0 Å². The van der Waals surface area contributed by atoms with E-state index in [1.54, 1.807) is 12.3 Å². The van der Waals surface area contributed by atoms with Gasteiger partial charge >= 0.3 is 0 Å². The molecule has 4 aromatic rings. The normalized spacial score (nSPS) is 10.8. The molecule has 1 aromatic heterocycles. The summed E-state index contributed by atoms with van der Waals surface area (Å²) in [5.41, 5.74) is 5.73. The molecule has 1 amide bonds. The number of benzene rings is 3. The molecule has 4 rings (SSSR count). The van der Waals surface area contributed by atoms with Crippen LogP contribution in [-0.4, -0.2) is 10.9 Å². The molecule has 0 aliphatic heterocycles. The van der Waals surface area contributed by atoms with E-state index < -0.39 is 0 Å². The molecule has 0 spiro atoms. The number of amides is 1. The molecule has 0 aliphatic carbocycles. The summed E-state index contributed by atoms with van der Waals surface area (Å²) >= 11 is 0. The number of hydrogen-bond acceptors (Lipinski definition) is 2. The minimum Gasteiger partial charge on any atom is -0.328 e. The highest BCUT2D eigenvalue weighted by Crippen LogP contribution is 2.29. The maximum atomic E-state index is 12.9. The number of hydrogen-bond donors (Lipinski definition) is 2. The molecule has 0 aliphatic rings. The van der Waals surface area contributed by atoms with E-state index in [1.807, 2.05) is 67.6 Å². The van der Waals surface area contributed by atoms with Crippen LogP contribution in [0.15, 0.2) is 102 Å². The molecular formula is C27H24N2O2. The maximum Gasteiger partial charge on any atom is 0.248 e. The number of H-pyrrole nitrogens is 1. The summed E-state index contributed by atoms with van der Waals surface area (Å²) < 4.78 is 0. The number of carbonyl (C=O) groups excluding carboxylic acids is 1. The molecule has 3 aromatic carbocycles. The van der Waals surface area contributed by atoms with Gasteiger partial charge in [0.2, 0.25) is 11.5 Å². The minimum absolute atomic E-state index is 0.00883. The van der Waals surface area contributed by atoms with Crippen LogP contribution in [0.25, 0.3) is 11.1 Å². The summed E-state index contributed by atoms with van der Waals surface area (Å²) in [6, 6.07) is 29.5. The zero-order chi connectivity index (χ0) is 21.6. The van der Waals surface area contributed by atoms with Crippen molar-refractivity contribution in [3.8, 4) is 11.1 Å². The fourth-order valence-corrected chi connectivity index (χ4v) is 3.81. The van der Waals surface area contributed by atoms with Crippen LogP contribution in [0.1, 0.15) is 29.0 Å². The number of nitrogens with one attached hydrogen (secondary N) is 2. The van der Waals surface area contributed by atoms with E-state index in [0.29, 0.717) is 6.42 Å². The summed E-state index contributed by atoms with van der Waals surface area (Å²) in [6.45, 7) is 1.91. The fraction of sp³-hybridized carbons (Fsp3) is 0.111. The Morgan fingerprint density at radius 1 is 0.871 bits per heavy atom. The second-order valence-electron chi connectivity index (χ2n) is 7.60. The van der Waals surface area contributed by atoms with Crippen molar-refractivity contribution in [2.45, 2.75) is 19.3 Å². The monoisotopic (exact) mass is 408 g/mol. The highest BCUT2D eigenvalue weighted by atomic mass is 16.1. The van der Waals surface area contributed by atoms with Crippen LogP contribution in [0.2, 0.25) is 0 Å². The van der Waals surface area contributed by atoms with E-state index in [4.69, 9.17) is 0 Å². The van der Waals surface area contributed by atoms with Crippen molar-refractivity contribution in [1.82, 2.24) is 4.98 Å². The quantitative estimate of drug-likeness (QED) is 0.442. The first-order chi connectivity index (χ1) is 15.1. The summed E-state index contributed by atoms with van der Waals surface area (Å²) in [7, 11) is 0. The minimum atomic E-state index is -0.114. The summed E-state index contributed by atoms with van der Waals surface area (Å²) in [5.74, 6) is -0.0452. The Hall–Kier alpha value is -3.92. The van der Waals surface area contributed by atoms with Crippen LogP contribution in [0.5, 0.6) is 0 Å². The van der Waals surface area contributed by atoms with Crippen molar-refractivity contribution in [2.24, 2.45) is 0 Å². The van der Waals surface area contributed by atoms with Gasteiger partial charge in [0.25, 0.3) is 0 Å². The molecular weight excluding hydrogens is 384 g/mol. The number of aromatic nitrogens is 1. The lowest BCUT2D eigenvalue weighted by molar-refractivity contribution is -0.116. The van der Waals surface area contributed by atoms with Crippen LogP contribution in [0.4, 0.5) is 5.69 Å². The predicted octanol–water partition coefficient (Wildman–Crippen LogP) is 5.51. The molecule has 4 heteroatoms. The number of aryl methyl sites for hydroxylation is 1. The Morgan fingerprint density at radius 3 is 2.00 bits per heavy atom. The van der Waals surface area contributed by atoms with Gasteiger partial charge in [-0.1, -0.05) is 72.8 Å². The SMILES string of the molecule is Cc1cc(=O)[nH]cc1-c1ccc(NC(=O)CC(c2ccccc2)c2ccccc2)cc1. The van der Waals surface area contributed by atoms with Gasteiger partial charge in [-0.15, -0.1) is 0 Å². The van der Waals surface area contributed by atoms with Crippen molar-refractivity contribution >= 4 is 11.6 Å².